The smallest absolute Gasteiger partial charge is 0.374 e. The molecular formula is C20H16ClNO6. The van der Waals surface area contributed by atoms with E-state index in [1.165, 1.54) is 12.1 Å². The van der Waals surface area contributed by atoms with Gasteiger partial charge in [-0.05, 0) is 43.3 Å². The number of carbonyl (C=O) groups is 3. The molecule has 0 bridgehead atoms. The lowest BCUT2D eigenvalue weighted by Crippen LogP contribution is -2.22. The number of halogens is 1. The Morgan fingerprint density at radius 1 is 1.04 bits per heavy atom. The molecule has 144 valence electrons. The van der Waals surface area contributed by atoms with Crippen LogP contribution >= 0.6 is 11.6 Å². The van der Waals surface area contributed by atoms with E-state index in [0.29, 0.717) is 16.0 Å². The van der Waals surface area contributed by atoms with Crippen molar-refractivity contribution in [3.05, 3.63) is 64.9 Å². The monoisotopic (exact) mass is 401 g/mol. The first-order valence-corrected chi connectivity index (χ1v) is 8.78. The normalized spacial score (nSPS) is 10.5. The molecule has 0 saturated heterocycles. The van der Waals surface area contributed by atoms with Gasteiger partial charge in [0.2, 0.25) is 5.76 Å². The summed E-state index contributed by atoms with van der Waals surface area (Å²) < 4.78 is 15.3. The Labute approximate surface area is 165 Å². The van der Waals surface area contributed by atoms with Crippen molar-refractivity contribution in [3.8, 4) is 0 Å². The molecule has 0 saturated carbocycles. The second-order valence-corrected chi connectivity index (χ2v) is 6.12. The minimum atomic E-state index is -0.791. The van der Waals surface area contributed by atoms with Crippen LogP contribution in [0.15, 0.2) is 52.9 Å². The summed E-state index contributed by atoms with van der Waals surface area (Å²) in [5.74, 6) is -2.00. The molecule has 0 aliphatic carbocycles. The van der Waals surface area contributed by atoms with Gasteiger partial charge in [0.25, 0.3) is 5.91 Å². The minimum Gasteiger partial charge on any atom is -0.462 e. The van der Waals surface area contributed by atoms with Crippen molar-refractivity contribution < 1.29 is 28.3 Å². The molecule has 0 aliphatic rings. The van der Waals surface area contributed by atoms with Gasteiger partial charge < -0.3 is 19.2 Å². The summed E-state index contributed by atoms with van der Waals surface area (Å²) >= 11 is 5.90. The Kier molecular flexibility index (Phi) is 5.96. The number of esters is 2. The summed E-state index contributed by atoms with van der Waals surface area (Å²) in [7, 11) is 0. The fourth-order valence-corrected chi connectivity index (χ4v) is 2.66. The molecule has 28 heavy (non-hydrogen) atoms. The zero-order valence-corrected chi connectivity index (χ0v) is 15.6. The van der Waals surface area contributed by atoms with E-state index in [1.54, 1.807) is 43.3 Å². The highest BCUT2D eigenvalue weighted by Gasteiger charge is 2.17. The van der Waals surface area contributed by atoms with Crippen LogP contribution in [0.25, 0.3) is 11.0 Å². The van der Waals surface area contributed by atoms with Gasteiger partial charge in [0.05, 0.1) is 17.9 Å². The Balaban J connectivity index is 1.62. The first kappa shape index (κ1) is 19.4. The van der Waals surface area contributed by atoms with Crippen LogP contribution in [0.5, 0.6) is 0 Å². The number of carbonyl (C=O) groups excluding carboxylic acids is 3. The van der Waals surface area contributed by atoms with Crippen LogP contribution in [0.1, 0.15) is 27.8 Å². The third-order valence-corrected chi connectivity index (χ3v) is 3.95. The standard InChI is InChI=1S/C20H16ClNO6/c1-2-26-19(24)14-5-3-4-6-15(14)22-18(23)11-27-20(25)17-10-12-9-13(21)7-8-16(12)28-17/h3-10H,2,11H2,1H3,(H,22,23). The summed E-state index contributed by atoms with van der Waals surface area (Å²) in [6, 6.07) is 12.8. The van der Waals surface area contributed by atoms with E-state index < -0.39 is 24.5 Å². The minimum absolute atomic E-state index is 0.0445. The number of fused-ring (bicyclic) bond motifs is 1. The second kappa shape index (κ2) is 8.58. The predicted octanol–water partition coefficient (Wildman–Crippen LogP) is 4.06. The summed E-state index contributed by atoms with van der Waals surface area (Å²) in [6.07, 6.45) is 0. The average Bonchev–Trinajstić information content (AvgIpc) is 3.10. The molecular weight excluding hydrogens is 386 g/mol. The molecule has 0 unspecified atom stereocenters. The van der Waals surface area contributed by atoms with Gasteiger partial charge in [-0.25, -0.2) is 9.59 Å². The van der Waals surface area contributed by atoms with Gasteiger partial charge >= 0.3 is 11.9 Å². The van der Waals surface area contributed by atoms with Gasteiger partial charge in [0.1, 0.15) is 5.58 Å². The third-order valence-electron chi connectivity index (χ3n) is 3.71. The van der Waals surface area contributed by atoms with Crippen molar-refractivity contribution in [3.63, 3.8) is 0 Å². The summed E-state index contributed by atoms with van der Waals surface area (Å²) in [4.78, 5) is 36.1. The van der Waals surface area contributed by atoms with Crippen LogP contribution in [0.4, 0.5) is 5.69 Å². The number of para-hydroxylation sites is 1. The van der Waals surface area contributed by atoms with E-state index >= 15 is 0 Å². The predicted molar refractivity (Wildman–Crippen MR) is 103 cm³/mol. The molecule has 0 radical (unpaired) electrons. The van der Waals surface area contributed by atoms with Crippen LogP contribution in [0.3, 0.4) is 0 Å². The van der Waals surface area contributed by atoms with Crippen LogP contribution in [-0.2, 0) is 14.3 Å². The lowest BCUT2D eigenvalue weighted by atomic mass is 10.2. The molecule has 2 aromatic carbocycles. The molecule has 1 N–H and O–H groups in total. The van der Waals surface area contributed by atoms with Gasteiger partial charge in [0, 0.05) is 10.4 Å². The number of furan rings is 1. The van der Waals surface area contributed by atoms with E-state index in [4.69, 9.17) is 25.5 Å². The Morgan fingerprint density at radius 3 is 2.61 bits per heavy atom. The molecule has 0 atom stereocenters. The second-order valence-electron chi connectivity index (χ2n) is 5.68. The zero-order chi connectivity index (χ0) is 20.1. The topological polar surface area (TPSA) is 94.8 Å². The van der Waals surface area contributed by atoms with Gasteiger partial charge in [-0.3, -0.25) is 4.79 Å². The quantitative estimate of drug-likeness (QED) is 0.626. The maximum Gasteiger partial charge on any atom is 0.374 e. The molecule has 1 heterocycles. The largest absolute Gasteiger partial charge is 0.462 e. The number of amides is 1. The molecule has 3 rings (SSSR count). The molecule has 8 heteroatoms. The molecule has 7 nitrogen and oxygen atoms in total. The van der Waals surface area contributed by atoms with Crippen molar-refractivity contribution in [1.82, 2.24) is 0 Å². The Morgan fingerprint density at radius 2 is 1.82 bits per heavy atom. The fraction of sp³-hybridized carbons (Fsp3) is 0.150. The van der Waals surface area contributed by atoms with Crippen LogP contribution in [0, 0.1) is 0 Å². The summed E-state index contributed by atoms with van der Waals surface area (Å²) in [6.45, 7) is 1.35. The van der Waals surface area contributed by atoms with Crippen molar-refractivity contribution in [2.24, 2.45) is 0 Å². The number of ether oxygens (including phenoxy) is 2. The van der Waals surface area contributed by atoms with Crippen molar-refractivity contribution in [2.75, 3.05) is 18.5 Å². The first-order chi connectivity index (χ1) is 13.5. The highest BCUT2D eigenvalue weighted by molar-refractivity contribution is 6.31. The molecule has 0 fully saturated rings. The van der Waals surface area contributed by atoms with Gasteiger partial charge in [0.15, 0.2) is 6.61 Å². The SMILES string of the molecule is CCOC(=O)c1ccccc1NC(=O)COC(=O)c1cc2cc(Cl)ccc2o1. The number of nitrogens with one attached hydrogen (secondary N) is 1. The molecule has 1 aromatic heterocycles. The van der Waals surface area contributed by atoms with Crippen LogP contribution in [0.2, 0.25) is 5.02 Å². The molecule has 0 aliphatic heterocycles. The van der Waals surface area contributed by atoms with Gasteiger partial charge in [-0.2, -0.15) is 0 Å². The van der Waals surface area contributed by atoms with E-state index in [1.807, 2.05) is 0 Å². The molecule has 0 spiro atoms. The Hall–Kier alpha value is -3.32. The highest BCUT2D eigenvalue weighted by atomic mass is 35.5. The molecule has 3 aromatic rings. The fourth-order valence-electron chi connectivity index (χ4n) is 2.48. The van der Waals surface area contributed by atoms with E-state index in [0.717, 1.165) is 0 Å². The summed E-state index contributed by atoms with van der Waals surface area (Å²) in [5, 5.41) is 3.68. The lowest BCUT2D eigenvalue weighted by molar-refractivity contribution is -0.119. The average molecular weight is 402 g/mol. The number of benzene rings is 2. The lowest BCUT2D eigenvalue weighted by Gasteiger charge is -2.10. The summed E-state index contributed by atoms with van der Waals surface area (Å²) in [5.41, 5.74) is 0.947. The van der Waals surface area contributed by atoms with Gasteiger partial charge in [-0.15, -0.1) is 0 Å². The van der Waals surface area contributed by atoms with E-state index in [9.17, 15) is 14.4 Å². The Bertz CT molecular complexity index is 1040. The third kappa shape index (κ3) is 4.50. The van der Waals surface area contributed by atoms with Crippen LogP contribution < -0.4 is 5.32 Å². The highest BCUT2D eigenvalue weighted by Crippen LogP contribution is 2.23. The number of anilines is 1. The van der Waals surface area contributed by atoms with Crippen molar-refractivity contribution in [2.45, 2.75) is 6.92 Å². The van der Waals surface area contributed by atoms with Gasteiger partial charge in [-0.1, -0.05) is 23.7 Å². The molecule has 1 amide bonds. The van der Waals surface area contributed by atoms with E-state index in [-0.39, 0.29) is 23.6 Å². The van der Waals surface area contributed by atoms with Crippen molar-refractivity contribution in [1.29, 1.82) is 0 Å². The van der Waals surface area contributed by atoms with Crippen molar-refractivity contribution >= 4 is 46.1 Å². The van der Waals surface area contributed by atoms with Crippen LogP contribution in [-0.4, -0.2) is 31.1 Å². The maximum absolute atomic E-state index is 12.1. The number of hydrogen-bond acceptors (Lipinski definition) is 6. The van der Waals surface area contributed by atoms with E-state index in [2.05, 4.69) is 5.32 Å². The number of rotatable bonds is 6. The zero-order valence-electron chi connectivity index (χ0n) is 14.9. The number of hydrogen-bond donors (Lipinski definition) is 1. The maximum atomic E-state index is 12.1. The first-order valence-electron chi connectivity index (χ1n) is 8.40.